The summed E-state index contributed by atoms with van der Waals surface area (Å²) in [4.78, 5) is 38.3. The van der Waals surface area contributed by atoms with Gasteiger partial charge in [-0.3, -0.25) is 9.59 Å². The van der Waals surface area contributed by atoms with Crippen LogP contribution in [0.5, 0.6) is 5.75 Å². The maximum Gasteiger partial charge on any atom is 0.322 e. The van der Waals surface area contributed by atoms with Gasteiger partial charge in [0.1, 0.15) is 5.75 Å². The molecule has 8 nitrogen and oxygen atoms in total. The van der Waals surface area contributed by atoms with Gasteiger partial charge in [0.2, 0.25) is 5.91 Å². The predicted molar refractivity (Wildman–Crippen MR) is 106 cm³/mol. The van der Waals surface area contributed by atoms with Crippen LogP contribution in [0.25, 0.3) is 0 Å². The Hall–Kier alpha value is -2.77. The molecule has 1 aliphatic carbocycles. The fourth-order valence-corrected chi connectivity index (χ4v) is 3.21. The number of nitrogens with zero attached hydrogens (tertiary/aromatic N) is 1. The molecule has 2 aliphatic rings. The largest absolute Gasteiger partial charge is 0.495 e. The minimum atomic E-state index is -0.297. The van der Waals surface area contributed by atoms with Crippen LogP contribution < -0.4 is 20.7 Å². The van der Waals surface area contributed by atoms with Gasteiger partial charge in [-0.2, -0.15) is 0 Å². The number of benzene rings is 1. The normalized spacial score (nSPS) is 18.6. The summed E-state index contributed by atoms with van der Waals surface area (Å²) in [6.07, 6.45) is 3.22. The van der Waals surface area contributed by atoms with Crippen molar-refractivity contribution in [3.63, 3.8) is 0 Å². The summed E-state index contributed by atoms with van der Waals surface area (Å²) < 4.78 is 5.34. The van der Waals surface area contributed by atoms with Crippen LogP contribution in [-0.2, 0) is 4.79 Å². The van der Waals surface area contributed by atoms with Crippen LogP contribution in [0.1, 0.15) is 49.9 Å². The lowest BCUT2D eigenvalue weighted by Gasteiger charge is -2.29. The highest BCUT2D eigenvalue weighted by Gasteiger charge is 2.28. The Kier molecular flexibility index (Phi) is 6.06. The zero-order valence-electron chi connectivity index (χ0n) is 16.6. The number of rotatable bonds is 7. The minimum Gasteiger partial charge on any atom is -0.495 e. The van der Waals surface area contributed by atoms with Crippen LogP contribution in [0, 0.1) is 0 Å². The number of ether oxygens (including phenoxy) is 1. The fraction of sp³-hybridized carbons (Fsp3) is 0.550. The Morgan fingerprint density at radius 3 is 2.61 bits per heavy atom. The van der Waals surface area contributed by atoms with Gasteiger partial charge in [-0.15, -0.1) is 0 Å². The molecular formula is C20H28N4O4. The van der Waals surface area contributed by atoms with Crippen molar-refractivity contribution in [3.05, 3.63) is 23.8 Å². The first-order valence-electron chi connectivity index (χ1n) is 9.73. The number of carbonyl (C=O) groups excluding carboxylic acids is 3. The summed E-state index contributed by atoms with van der Waals surface area (Å²) in [5.41, 5.74) is 0.916. The third kappa shape index (κ3) is 4.94. The third-order valence-corrected chi connectivity index (χ3v) is 5.00. The fourth-order valence-electron chi connectivity index (χ4n) is 3.21. The van der Waals surface area contributed by atoms with Crippen molar-refractivity contribution in [3.8, 4) is 5.75 Å². The van der Waals surface area contributed by atoms with E-state index in [2.05, 4.69) is 16.0 Å². The van der Waals surface area contributed by atoms with Crippen molar-refractivity contribution in [2.45, 2.75) is 57.7 Å². The van der Waals surface area contributed by atoms with Gasteiger partial charge >= 0.3 is 6.03 Å². The van der Waals surface area contributed by atoms with E-state index < -0.39 is 0 Å². The second kappa shape index (κ2) is 8.50. The van der Waals surface area contributed by atoms with E-state index in [0.29, 0.717) is 30.0 Å². The lowest BCUT2D eigenvalue weighted by atomic mass is 10.1. The minimum absolute atomic E-state index is 0.0187. The van der Waals surface area contributed by atoms with E-state index in [1.54, 1.807) is 23.1 Å². The van der Waals surface area contributed by atoms with E-state index in [-0.39, 0.29) is 36.0 Å². The zero-order chi connectivity index (χ0) is 20.3. The molecule has 0 spiro atoms. The van der Waals surface area contributed by atoms with Crippen LogP contribution in [0.4, 0.5) is 10.5 Å². The number of amides is 4. The smallest absolute Gasteiger partial charge is 0.322 e. The summed E-state index contributed by atoms with van der Waals surface area (Å²) >= 11 is 0. The number of hydrogen-bond donors (Lipinski definition) is 3. The highest BCUT2D eigenvalue weighted by Crippen LogP contribution is 2.27. The van der Waals surface area contributed by atoms with Gasteiger partial charge in [0.15, 0.2) is 0 Å². The van der Waals surface area contributed by atoms with E-state index >= 15 is 0 Å². The quantitative estimate of drug-likeness (QED) is 0.666. The van der Waals surface area contributed by atoms with Crippen LogP contribution in [0.15, 0.2) is 18.2 Å². The molecule has 1 aromatic rings. The molecule has 0 aromatic heterocycles. The van der Waals surface area contributed by atoms with Gasteiger partial charge in [-0.1, -0.05) is 0 Å². The second-order valence-corrected chi connectivity index (χ2v) is 7.64. The molecule has 0 bridgehead atoms. The molecule has 1 unspecified atom stereocenters. The van der Waals surface area contributed by atoms with E-state index in [1.807, 2.05) is 13.8 Å². The predicted octanol–water partition coefficient (Wildman–Crippen LogP) is 2.11. The molecule has 8 heteroatoms. The monoisotopic (exact) mass is 388 g/mol. The molecule has 4 amide bonds. The van der Waals surface area contributed by atoms with Crippen LogP contribution in [0.3, 0.4) is 0 Å². The first kappa shape index (κ1) is 20.0. The summed E-state index contributed by atoms with van der Waals surface area (Å²) in [7, 11) is 1.52. The van der Waals surface area contributed by atoms with Crippen LogP contribution >= 0.6 is 0 Å². The van der Waals surface area contributed by atoms with Gasteiger partial charge in [-0.25, -0.2) is 4.79 Å². The Balaban J connectivity index is 1.72. The molecule has 152 valence electrons. The molecule has 1 atom stereocenters. The topological polar surface area (TPSA) is 99.8 Å². The van der Waals surface area contributed by atoms with Gasteiger partial charge < -0.3 is 25.6 Å². The molecule has 28 heavy (non-hydrogen) atoms. The van der Waals surface area contributed by atoms with Crippen molar-refractivity contribution < 1.29 is 19.1 Å². The van der Waals surface area contributed by atoms with Gasteiger partial charge in [0, 0.05) is 36.7 Å². The second-order valence-electron chi connectivity index (χ2n) is 7.64. The van der Waals surface area contributed by atoms with Crippen LogP contribution in [-0.4, -0.2) is 54.5 Å². The number of urea groups is 1. The summed E-state index contributed by atoms with van der Waals surface area (Å²) in [5.74, 6) is 0.342. The van der Waals surface area contributed by atoms with Crippen molar-refractivity contribution in [1.82, 2.24) is 15.5 Å². The standard InChI is InChI=1S/C20H28N4O4/c1-12(2)24(11-15-7-9-18(25)21-15)20(27)23-16-10-13(4-8-17(16)28-3)19(26)22-14-5-6-14/h4,8,10,12,14-15H,5-7,9,11H2,1-3H3,(H,21,25)(H,22,26)(H,23,27). The van der Waals surface area contributed by atoms with Crippen molar-refractivity contribution >= 4 is 23.5 Å². The Morgan fingerprint density at radius 2 is 2.04 bits per heavy atom. The lowest BCUT2D eigenvalue weighted by Crippen LogP contribution is -2.47. The molecule has 2 fully saturated rings. The van der Waals surface area contributed by atoms with E-state index in [0.717, 1.165) is 19.3 Å². The molecule has 3 N–H and O–H groups in total. The highest BCUT2D eigenvalue weighted by atomic mass is 16.5. The first-order chi connectivity index (χ1) is 13.4. The first-order valence-corrected chi connectivity index (χ1v) is 9.73. The summed E-state index contributed by atoms with van der Waals surface area (Å²) in [5, 5.41) is 8.69. The average Bonchev–Trinajstić information content (AvgIpc) is 3.37. The van der Waals surface area contributed by atoms with Crippen LogP contribution in [0.2, 0.25) is 0 Å². The number of nitrogens with one attached hydrogen (secondary N) is 3. The number of hydrogen-bond acceptors (Lipinski definition) is 4. The van der Waals surface area contributed by atoms with Crippen molar-refractivity contribution in [2.75, 3.05) is 19.0 Å². The molecule has 1 aliphatic heterocycles. The maximum absolute atomic E-state index is 12.9. The Morgan fingerprint density at radius 1 is 1.29 bits per heavy atom. The molecular weight excluding hydrogens is 360 g/mol. The Labute approximate surface area is 165 Å². The molecule has 1 saturated carbocycles. The number of methoxy groups -OCH3 is 1. The van der Waals surface area contributed by atoms with Gasteiger partial charge in [-0.05, 0) is 51.3 Å². The zero-order valence-corrected chi connectivity index (χ0v) is 16.6. The molecule has 1 heterocycles. The average molecular weight is 388 g/mol. The van der Waals surface area contributed by atoms with Crippen molar-refractivity contribution in [2.24, 2.45) is 0 Å². The third-order valence-electron chi connectivity index (χ3n) is 5.00. The maximum atomic E-state index is 12.9. The van der Waals surface area contributed by atoms with E-state index in [9.17, 15) is 14.4 Å². The van der Waals surface area contributed by atoms with Gasteiger partial charge in [0.05, 0.1) is 12.8 Å². The SMILES string of the molecule is COc1ccc(C(=O)NC2CC2)cc1NC(=O)N(CC1CCC(=O)N1)C(C)C. The molecule has 3 rings (SSSR count). The molecule has 1 saturated heterocycles. The molecule has 0 radical (unpaired) electrons. The van der Waals surface area contributed by atoms with Gasteiger partial charge in [0.25, 0.3) is 5.91 Å². The number of anilines is 1. The number of carbonyl (C=O) groups is 3. The lowest BCUT2D eigenvalue weighted by molar-refractivity contribution is -0.119. The van der Waals surface area contributed by atoms with Crippen molar-refractivity contribution in [1.29, 1.82) is 0 Å². The summed E-state index contributed by atoms with van der Waals surface area (Å²) in [6.45, 7) is 4.28. The Bertz CT molecular complexity index is 761. The summed E-state index contributed by atoms with van der Waals surface area (Å²) in [6, 6.07) is 4.85. The highest BCUT2D eigenvalue weighted by molar-refractivity contribution is 5.98. The van der Waals surface area contributed by atoms with E-state index in [4.69, 9.17) is 4.74 Å². The molecule has 1 aromatic carbocycles. The van der Waals surface area contributed by atoms with E-state index in [1.165, 1.54) is 7.11 Å².